The summed E-state index contributed by atoms with van der Waals surface area (Å²) in [5.41, 5.74) is 8.32. The van der Waals surface area contributed by atoms with Crippen LogP contribution in [0, 0.1) is 0 Å². The second-order valence-corrected chi connectivity index (χ2v) is 3.90. The van der Waals surface area contributed by atoms with Crippen LogP contribution in [0.25, 0.3) is 22.2 Å². The highest BCUT2D eigenvalue weighted by atomic mass is 16.4. The highest BCUT2D eigenvalue weighted by molar-refractivity contribution is 5.95. The Balaban J connectivity index is 2.27. The molecular formula is C14H10N2O2. The topological polar surface area (TPSA) is 69.1 Å². The number of carbonyl (C=O) groups excluding carboxylic acids is 1. The number of fused-ring (bicyclic) bond motifs is 1. The van der Waals surface area contributed by atoms with Crippen LogP contribution in [0.5, 0.6) is 0 Å². The first-order valence-corrected chi connectivity index (χ1v) is 5.50. The van der Waals surface area contributed by atoms with Crippen LogP contribution in [-0.4, -0.2) is 10.9 Å². The van der Waals surface area contributed by atoms with Gasteiger partial charge in [0, 0.05) is 5.56 Å². The van der Waals surface area contributed by atoms with Crippen LogP contribution in [0.4, 0.5) is 0 Å². The molecule has 4 heteroatoms. The van der Waals surface area contributed by atoms with Gasteiger partial charge < -0.3 is 10.2 Å². The summed E-state index contributed by atoms with van der Waals surface area (Å²) in [5.74, 6) is -0.724. The van der Waals surface area contributed by atoms with Crippen LogP contribution >= 0.6 is 0 Å². The molecule has 0 saturated carbocycles. The zero-order valence-corrected chi connectivity index (χ0v) is 9.46. The van der Waals surface area contributed by atoms with Gasteiger partial charge in [-0.15, -0.1) is 0 Å². The lowest BCUT2D eigenvalue weighted by Crippen LogP contribution is -2.10. The zero-order valence-electron chi connectivity index (χ0n) is 9.46. The SMILES string of the molecule is NC(=O)c1nc2c(-c3ccccc3)cccc2o1. The molecule has 0 spiro atoms. The van der Waals surface area contributed by atoms with Crippen LogP contribution in [0.1, 0.15) is 10.7 Å². The van der Waals surface area contributed by atoms with Crippen molar-refractivity contribution in [2.45, 2.75) is 0 Å². The number of rotatable bonds is 2. The summed E-state index contributed by atoms with van der Waals surface area (Å²) in [5, 5.41) is 0. The van der Waals surface area contributed by atoms with Crippen molar-refractivity contribution in [1.29, 1.82) is 0 Å². The molecule has 0 unspecified atom stereocenters. The van der Waals surface area contributed by atoms with Gasteiger partial charge in [0.15, 0.2) is 5.58 Å². The third kappa shape index (κ3) is 1.64. The molecule has 18 heavy (non-hydrogen) atoms. The molecule has 1 aromatic heterocycles. The Hall–Kier alpha value is -2.62. The fourth-order valence-electron chi connectivity index (χ4n) is 1.90. The van der Waals surface area contributed by atoms with E-state index in [1.165, 1.54) is 0 Å². The number of nitrogens with zero attached hydrogens (tertiary/aromatic N) is 1. The Kier molecular flexibility index (Phi) is 2.34. The molecule has 3 rings (SSSR count). The van der Waals surface area contributed by atoms with Crippen molar-refractivity contribution < 1.29 is 9.21 Å². The van der Waals surface area contributed by atoms with Crippen molar-refractivity contribution >= 4 is 17.0 Å². The zero-order chi connectivity index (χ0) is 12.5. The molecule has 3 aromatic rings. The first kappa shape index (κ1) is 10.5. The molecule has 4 nitrogen and oxygen atoms in total. The third-order valence-electron chi connectivity index (χ3n) is 2.71. The van der Waals surface area contributed by atoms with E-state index >= 15 is 0 Å². The normalized spacial score (nSPS) is 10.7. The van der Waals surface area contributed by atoms with E-state index in [1.807, 2.05) is 42.5 Å². The van der Waals surface area contributed by atoms with Gasteiger partial charge in [-0.1, -0.05) is 42.5 Å². The Morgan fingerprint density at radius 2 is 1.83 bits per heavy atom. The number of oxazole rings is 1. The molecule has 0 aliphatic carbocycles. The molecule has 0 bridgehead atoms. The predicted octanol–water partition coefficient (Wildman–Crippen LogP) is 2.59. The second kappa shape index (κ2) is 4.00. The molecule has 1 heterocycles. The van der Waals surface area contributed by atoms with Gasteiger partial charge in [-0.05, 0) is 11.6 Å². The van der Waals surface area contributed by atoms with E-state index in [2.05, 4.69) is 4.98 Å². The lowest BCUT2D eigenvalue weighted by Gasteiger charge is -2.00. The summed E-state index contributed by atoms with van der Waals surface area (Å²) in [6.07, 6.45) is 0. The largest absolute Gasteiger partial charge is 0.432 e. The molecule has 0 aliphatic heterocycles. The molecule has 1 amide bonds. The minimum absolute atomic E-state index is 0.0617. The van der Waals surface area contributed by atoms with E-state index in [-0.39, 0.29) is 5.89 Å². The maximum absolute atomic E-state index is 11.1. The predicted molar refractivity (Wildman–Crippen MR) is 68.0 cm³/mol. The van der Waals surface area contributed by atoms with Crippen molar-refractivity contribution in [3.05, 3.63) is 54.4 Å². The van der Waals surface area contributed by atoms with Crippen LogP contribution in [-0.2, 0) is 0 Å². The van der Waals surface area contributed by atoms with Crippen molar-refractivity contribution in [2.24, 2.45) is 5.73 Å². The van der Waals surface area contributed by atoms with E-state index in [0.717, 1.165) is 11.1 Å². The number of hydrogen-bond acceptors (Lipinski definition) is 3. The molecule has 0 saturated heterocycles. The Labute approximate surface area is 103 Å². The summed E-state index contributed by atoms with van der Waals surface area (Å²) in [6.45, 7) is 0. The van der Waals surface area contributed by atoms with Gasteiger partial charge in [-0.2, -0.15) is 0 Å². The summed E-state index contributed by atoms with van der Waals surface area (Å²) in [4.78, 5) is 15.2. The van der Waals surface area contributed by atoms with Crippen LogP contribution in [0.2, 0.25) is 0 Å². The fourth-order valence-corrected chi connectivity index (χ4v) is 1.90. The number of hydrogen-bond donors (Lipinski definition) is 1. The monoisotopic (exact) mass is 238 g/mol. The van der Waals surface area contributed by atoms with Gasteiger partial charge in [0.2, 0.25) is 0 Å². The molecule has 88 valence electrons. The second-order valence-electron chi connectivity index (χ2n) is 3.90. The van der Waals surface area contributed by atoms with Crippen molar-refractivity contribution in [2.75, 3.05) is 0 Å². The van der Waals surface area contributed by atoms with E-state index < -0.39 is 5.91 Å². The number of benzene rings is 2. The van der Waals surface area contributed by atoms with Gasteiger partial charge in [0.25, 0.3) is 5.89 Å². The molecule has 2 N–H and O–H groups in total. The quantitative estimate of drug-likeness (QED) is 0.746. The van der Waals surface area contributed by atoms with E-state index in [9.17, 15) is 4.79 Å². The Morgan fingerprint density at radius 3 is 2.56 bits per heavy atom. The highest BCUT2D eigenvalue weighted by Crippen LogP contribution is 2.28. The average Bonchev–Trinajstić information content (AvgIpc) is 2.83. The van der Waals surface area contributed by atoms with Crippen molar-refractivity contribution in [1.82, 2.24) is 4.98 Å². The molecule has 0 fully saturated rings. The lowest BCUT2D eigenvalue weighted by atomic mass is 10.0. The number of carbonyl (C=O) groups is 1. The van der Waals surface area contributed by atoms with Gasteiger partial charge in [-0.3, -0.25) is 4.79 Å². The minimum Gasteiger partial charge on any atom is -0.432 e. The van der Waals surface area contributed by atoms with Crippen LogP contribution in [0.15, 0.2) is 52.9 Å². The van der Waals surface area contributed by atoms with Crippen LogP contribution in [0.3, 0.4) is 0 Å². The molecule has 2 aromatic carbocycles. The Morgan fingerprint density at radius 1 is 1.06 bits per heavy atom. The number of aromatic nitrogens is 1. The number of amides is 1. The minimum atomic E-state index is -0.662. The first-order valence-electron chi connectivity index (χ1n) is 5.50. The molecule has 0 radical (unpaired) electrons. The first-order chi connectivity index (χ1) is 8.75. The van der Waals surface area contributed by atoms with E-state index in [1.54, 1.807) is 6.07 Å². The highest BCUT2D eigenvalue weighted by Gasteiger charge is 2.13. The Bertz CT molecular complexity index is 717. The third-order valence-corrected chi connectivity index (χ3v) is 2.71. The maximum Gasteiger partial charge on any atom is 0.304 e. The van der Waals surface area contributed by atoms with E-state index in [4.69, 9.17) is 10.2 Å². The molecule has 0 atom stereocenters. The number of primary amides is 1. The van der Waals surface area contributed by atoms with Crippen molar-refractivity contribution in [3.63, 3.8) is 0 Å². The average molecular weight is 238 g/mol. The van der Waals surface area contributed by atoms with Gasteiger partial charge in [0.05, 0.1) is 0 Å². The fraction of sp³-hybridized carbons (Fsp3) is 0. The number of nitrogens with two attached hydrogens (primary N) is 1. The summed E-state index contributed by atoms with van der Waals surface area (Å²) in [6, 6.07) is 15.4. The lowest BCUT2D eigenvalue weighted by molar-refractivity contribution is 0.0969. The van der Waals surface area contributed by atoms with E-state index in [0.29, 0.717) is 11.1 Å². The maximum atomic E-state index is 11.1. The van der Waals surface area contributed by atoms with Gasteiger partial charge in [0.1, 0.15) is 5.52 Å². The standard InChI is InChI=1S/C14H10N2O2/c15-13(17)14-16-12-10(7-4-8-11(12)18-14)9-5-2-1-3-6-9/h1-8H,(H2,15,17). The smallest absolute Gasteiger partial charge is 0.304 e. The van der Waals surface area contributed by atoms with Crippen LogP contribution < -0.4 is 5.73 Å². The van der Waals surface area contributed by atoms with Crippen molar-refractivity contribution in [3.8, 4) is 11.1 Å². The molecule has 0 aliphatic rings. The number of para-hydroxylation sites is 1. The van der Waals surface area contributed by atoms with Gasteiger partial charge >= 0.3 is 5.91 Å². The summed E-state index contributed by atoms with van der Waals surface area (Å²) < 4.78 is 5.31. The summed E-state index contributed by atoms with van der Waals surface area (Å²) in [7, 11) is 0. The molecular weight excluding hydrogens is 228 g/mol. The van der Waals surface area contributed by atoms with Gasteiger partial charge in [-0.25, -0.2) is 4.98 Å². The summed E-state index contributed by atoms with van der Waals surface area (Å²) >= 11 is 0.